The van der Waals surface area contributed by atoms with E-state index < -0.39 is 5.82 Å². The molecule has 0 atom stereocenters. The first kappa shape index (κ1) is 19.1. The van der Waals surface area contributed by atoms with Gasteiger partial charge in [0.2, 0.25) is 0 Å². The Morgan fingerprint density at radius 2 is 1.81 bits per heavy atom. The number of rotatable bonds is 8. The van der Waals surface area contributed by atoms with Gasteiger partial charge in [0.05, 0.1) is 5.02 Å². The average Bonchev–Trinajstić information content (AvgIpc) is 2.69. The van der Waals surface area contributed by atoms with Crippen LogP contribution in [0.1, 0.15) is 6.42 Å². The summed E-state index contributed by atoms with van der Waals surface area (Å²) >= 11 is 5.86. The van der Waals surface area contributed by atoms with Crippen LogP contribution in [-0.2, 0) is 4.74 Å². The number of halogens is 2. The molecule has 0 saturated heterocycles. The van der Waals surface area contributed by atoms with Crippen molar-refractivity contribution in [2.24, 2.45) is 0 Å². The van der Waals surface area contributed by atoms with Crippen LogP contribution >= 0.6 is 11.6 Å². The van der Waals surface area contributed by atoms with Crippen molar-refractivity contribution in [3.63, 3.8) is 0 Å². The van der Waals surface area contributed by atoms with E-state index in [4.69, 9.17) is 16.3 Å². The van der Waals surface area contributed by atoms with Gasteiger partial charge in [-0.15, -0.1) is 0 Å². The maximum absolute atomic E-state index is 13.4. The predicted molar refractivity (Wildman–Crippen MR) is 107 cm³/mol. The average molecular weight is 387 g/mol. The van der Waals surface area contributed by atoms with Gasteiger partial charge in [0.1, 0.15) is 17.5 Å². The standard InChI is InChI=1S/C20H20ClFN4O/c1-27-11-5-10-23-18-13-19(24-15-8-9-17(22)16(21)12-15)26-20(25-18)14-6-3-2-4-7-14/h2-4,6-9,12-13H,5,10-11H2,1H3,(H2,23,24,25,26). The van der Waals surface area contributed by atoms with Crippen molar-refractivity contribution in [3.8, 4) is 11.4 Å². The fraction of sp³-hybridized carbons (Fsp3) is 0.200. The maximum Gasteiger partial charge on any atom is 0.163 e. The van der Waals surface area contributed by atoms with E-state index in [2.05, 4.69) is 20.6 Å². The number of hydrogen-bond acceptors (Lipinski definition) is 5. The van der Waals surface area contributed by atoms with Gasteiger partial charge >= 0.3 is 0 Å². The van der Waals surface area contributed by atoms with Crippen LogP contribution in [0, 0.1) is 5.82 Å². The number of hydrogen-bond donors (Lipinski definition) is 2. The van der Waals surface area contributed by atoms with Gasteiger partial charge < -0.3 is 15.4 Å². The molecule has 3 rings (SSSR count). The van der Waals surface area contributed by atoms with Gasteiger partial charge in [0, 0.05) is 37.6 Å². The van der Waals surface area contributed by atoms with Gasteiger partial charge in [-0.25, -0.2) is 14.4 Å². The summed E-state index contributed by atoms with van der Waals surface area (Å²) in [7, 11) is 1.67. The SMILES string of the molecule is COCCCNc1cc(Nc2ccc(F)c(Cl)c2)nc(-c2ccccc2)n1. The van der Waals surface area contributed by atoms with Crippen molar-refractivity contribution in [2.45, 2.75) is 6.42 Å². The summed E-state index contributed by atoms with van der Waals surface area (Å²) in [5.41, 5.74) is 1.54. The first-order chi connectivity index (χ1) is 13.2. The van der Waals surface area contributed by atoms with E-state index in [0.29, 0.717) is 29.8 Å². The number of ether oxygens (including phenoxy) is 1. The lowest BCUT2D eigenvalue weighted by molar-refractivity contribution is 0.198. The molecule has 0 amide bonds. The Balaban J connectivity index is 1.87. The maximum atomic E-state index is 13.4. The molecule has 0 aliphatic carbocycles. The molecule has 1 heterocycles. The largest absolute Gasteiger partial charge is 0.385 e. The van der Waals surface area contributed by atoms with E-state index in [0.717, 1.165) is 18.5 Å². The first-order valence-corrected chi connectivity index (χ1v) is 8.93. The van der Waals surface area contributed by atoms with Gasteiger partial charge in [-0.2, -0.15) is 0 Å². The van der Waals surface area contributed by atoms with E-state index in [1.165, 1.54) is 12.1 Å². The summed E-state index contributed by atoms with van der Waals surface area (Å²) < 4.78 is 18.5. The molecule has 27 heavy (non-hydrogen) atoms. The molecular weight excluding hydrogens is 367 g/mol. The van der Waals surface area contributed by atoms with Crippen molar-refractivity contribution in [2.75, 3.05) is 30.9 Å². The van der Waals surface area contributed by atoms with E-state index in [1.54, 1.807) is 19.2 Å². The molecule has 2 N–H and O–H groups in total. The quantitative estimate of drug-likeness (QED) is 0.526. The monoisotopic (exact) mass is 386 g/mol. The summed E-state index contributed by atoms with van der Waals surface area (Å²) in [6, 6.07) is 15.9. The summed E-state index contributed by atoms with van der Waals surface area (Å²) in [5, 5.41) is 6.49. The molecule has 2 aromatic carbocycles. The number of aromatic nitrogens is 2. The van der Waals surface area contributed by atoms with Gasteiger partial charge in [0.15, 0.2) is 5.82 Å². The minimum Gasteiger partial charge on any atom is -0.385 e. The second-order valence-corrected chi connectivity index (χ2v) is 6.26. The highest BCUT2D eigenvalue weighted by molar-refractivity contribution is 6.31. The third-order valence-corrected chi connectivity index (χ3v) is 4.07. The molecule has 1 aromatic heterocycles. The molecule has 0 radical (unpaired) electrons. The summed E-state index contributed by atoms with van der Waals surface area (Å²) in [6.45, 7) is 1.39. The van der Waals surface area contributed by atoms with Crippen LogP contribution in [0.25, 0.3) is 11.4 Å². The van der Waals surface area contributed by atoms with Crippen LogP contribution in [0.5, 0.6) is 0 Å². The normalized spacial score (nSPS) is 10.6. The molecule has 0 aliphatic heterocycles. The smallest absolute Gasteiger partial charge is 0.163 e. The second-order valence-electron chi connectivity index (χ2n) is 5.86. The van der Waals surface area contributed by atoms with Crippen LogP contribution in [0.15, 0.2) is 54.6 Å². The highest BCUT2D eigenvalue weighted by Crippen LogP contribution is 2.25. The molecule has 0 bridgehead atoms. The van der Waals surface area contributed by atoms with Crippen LogP contribution in [-0.4, -0.2) is 30.2 Å². The first-order valence-electron chi connectivity index (χ1n) is 8.55. The second kappa shape index (κ2) is 9.30. The molecule has 140 valence electrons. The molecule has 0 fully saturated rings. The van der Waals surface area contributed by atoms with Crippen LogP contribution in [0.3, 0.4) is 0 Å². The summed E-state index contributed by atoms with van der Waals surface area (Å²) in [5.74, 6) is 1.40. The Kier molecular flexibility index (Phi) is 6.57. The number of benzene rings is 2. The van der Waals surface area contributed by atoms with Crippen molar-refractivity contribution in [3.05, 3.63) is 65.4 Å². The molecule has 3 aromatic rings. The lowest BCUT2D eigenvalue weighted by Crippen LogP contribution is -2.08. The Bertz CT molecular complexity index is 892. The van der Waals surface area contributed by atoms with E-state index >= 15 is 0 Å². The topological polar surface area (TPSA) is 59.1 Å². The van der Waals surface area contributed by atoms with Crippen molar-refractivity contribution in [1.29, 1.82) is 0 Å². The van der Waals surface area contributed by atoms with Gasteiger partial charge in [0.25, 0.3) is 0 Å². The molecular formula is C20H20ClFN4O. The third-order valence-electron chi connectivity index (χ3n) is 3.78. The zero-order valence-electron chi connectivity index (χ0n) is 14.9. The lowest BCUT2D eigenvalue weighted by atomic mass is 10.2. The highest BCUT2D eigenvalue weighted by atomic mass is 35.5. The molecule has 5 nitrogen and oxygen atoms in total. The van der Waals surface area contributed by atoms with Crippen molar-refractivity contribution in [1.82, 2.24) is 9.97 Å². The third kappa shape index (κ3) is 5.39. The highest BCUT2D eigenvalue weighted by Gasteiger charge is 2.08. The predicted octanol–water partition coefficient (Wildman–Crippen LogP) is 5.13. The van der Waals surface area contributed by atoms with Crippen LogP contribution in [0.2, 0.25) is 5.02 Å². The summed E-state index contributed by atoms with van der Waals surface area (Å²) in [6.07, 6.45) is 0.859. The Morgan fingerprint density at radius 3 is 2.56 bits per heavy atom. The fourth-order valence-electron chi connectivity index (χ4n) is 2.47. The number of anilines is 3. The van der Waals surface area contributed by atoms with E-state index in [9.17, 15) is 4.39 Å². The Hall–Kier alpha value is -2.70. The van der Waals surface area contributed by atoms with Gasteiger partial charge in [-0.1, -0.05) is 41.9 Å². The Morgan fingerprint density at radius 1 is 1.04 bits per heavy atom. The van der Waals surface area contributed by atoms with Crippen LogP contribution < -0.4 is 10.6 Å². The molecule has 0 spiro atoms. The molecule has 0 unspecified atom stereocenters. The molecule has 0 aliphatic rings. The zero-order valence-corrected chi connectivity index (χ0v) is 15.6. The van der Waals surface area contributed by atoms with Crippen molar-refractivity contribution >= 4 is 28.9 Å². The molecule has 0 saturated carbocycles. The van der Waals surface area contributed by atoms with E-state index in [1.807, 2.05) is 30.3 Å². The van der Waals surface area contributed by atoms with Crippen molar-refractivity contribution < 1.29 is 9.13 Å². The zero-order chi connectivity index (χ0) is 19.1. The Labute approximate surface area is 162 Å². The van der Waals surface area contributed by atoms with Gasteiger partial charge in [-0.05, 0) is 24.6 Å². The molecule has 7 heteroatoms. The van der Waals surface area contributed by atoms with Gasteiger partial charge in [-0.3, -0.25) is 0 Å². The minimum absolute atomic E-state index is 0.0512. The number of nitrogens with zero attached hydrogens (tertiary/aromatic N) is 2. The number of nitrogens with one attached hydrogen (secondary N) is 2. The number of methoxy groups -OCH3 is 1. The van der Waals surface area contributed by atoms with Crippen LogP contribution in [0.4, 0.5) is 21.7 Å². The summed E-state index contributed by atoms with van der Waals surface area (Å²) in [4.78, 5) is 9.16. The fourth-order valence-corrected chi connectivity index (χ4v) is 2.65. The van der Waals surface area contributed by atoms with E-state index in [-0.39, 0.29) is 5.02 Å². The minimum atomic E-state index is -0.463. The lowest BCUT2D eigenvalue weighted by Gasteiger charge is -2.12.